The smallest absolute Gasteiger partial charge is 0.316 e. The lowest BCUT2D eigenvalue weighted by Gasteiger charge is -2.35. The van der Waals surface area contributed by atoms with Gasteiger partial charge in [-0.05, 0) is 43.4 Å². The summed E-state index contributed by atoms with van der Waals surface area (Å²) in [5.41, 5.74) is 0.830. The van der Waals surface area contributed by atoms with Gasteiger partial charge in [-0.1, -0.05) is 24.6 Å². The third-order valence-electron chi connectivity index (χ3n) is 5.95. The van der Waals surface area contributed by atoms with Gasteiger partial charge in [-0.2, -0.15) is 14.1 Å². The molecule has 2 aromatic rings. The Bertz CT molecular complexity index is 1110. The van der Waals surface area contributed by atoms with Crippen LogP contribution in [0, 0.1) is 5.92 Å². The molecule has 4 rings (SSSR count). The highest BCUT2D eigenvalue weighted by atomic mass is 35.5. The second-order valence-corrected chi connectivity index (χ2v) is 10.8. The minimum absolute atomic E-state index is 0.0195. The molecule has 1 aromatic heterocycles. The summed E-state index contributed by atoms with van der Waals surface area (Å²) in [6, 6.07) is 6.96. The van der Waals surface area contributed by atoms with Gasteiger partial charge in [0, 0.05) is 31.2 Å². The predicted octanol–water partition coefficient (Wildman–Crippen LogP) is 2.53. The highest BCUT2D eigenvalue weighted by Crippen LogP contribution is 2.32. The van der Waals surface area contributed by atoms with E-state index >= 15 is 0 Å². The molecule has 168 valence electrons. The minimum Gasteiger partial charge on any atom is -0.483 e. The van der Waals surface area contributed by atoms with Crippen molar-refractivity contribution in [2.45, 2.75) is 32.3 Å². The molecule has 0 spiro atoms. The van der Waals surface area contributed by atoms with Crippen molar-refractivity contribution < 1.29 is 13.2 Å². The molecule has 1 aliphatic carbocycles. The monoisotopic (exact) mass is 466 g/mol. The van der Waals surface area contributed by atoms with Crippen molar-refractivity contribution in [1.29, 1.82) is 0 Å². The van der Waals surface area contributed by atoms with Crippen LogP contribution in [0.4, 0.5) is 5.69 Å². The fourth-order valence-electron chi connectivity index (χ4n) is 4.25. The summed E-state index contributed by atoms with van der Waals surface area (Å²) in [5, 5.41) is 4.89. The van der Waals surface area contributed by atoms with Crippen molar-refractivity contribution in [3.8, 4) is 11.4 Å². The molecule has 1 aromatic carbocycles. The first-order chi connectivity index (χ1) is 14.7. The van der Waals surface area contributed by atoms with Crippen LogP contribution in [-0.4, -0.2) is 61.0 Å². The van der Waals surface area contributed by atoms with E-state index in [0.29, 0.717) is 48.5 Å². The summed E-state index contributed by atoms with van der Waals surface area (Å²) in [4.78, 5) is 15.4. The van der Waals surface area contributed by atoms with Crippen LogP contribution < -0.4 is 15.2 Å². The second kappa shape index (κ2) is 8.80. The highest BCUT2D eigenvalue weighted by Gasteiger charge is 2.30. The van der Waals surface area contributed by atoms with E-state index in [1.54, 1.807) is 30.5 Å². The maximum atomic E-state index is 13.4. The molecular formula is C21H27ClN4O4S. The maximum Gasteiger partial charge on any atom is 0.316 e. The second-order valence-electron chi connectivity index (χ2n) is 8.36. The van der Waals surface area contributed by atoms with Crippen molar-refractivity contribution in [2.24, 2.45) is 5.92 Å². The van der Waals surface area contributed by atoms with Gasteiger partial charge >= 0.3 is 5.56 Å². The maximum absolute atomic E-state index is 13.4. The topological polar surface area (TPSA) is 84.7 Å². The summed E-state index contributed by atoms with van der Waals surface area (Å²) in [6.45, 7) is 3.83. The molecule has 1 aliphatic heterocycles. The van der Waals surface area contributed by atoms with Crippen LogP contribution in [-0.2, 0) is 10.0 Å². The molecule has 1 saturated heterocycles. The highest BCUT2D eigenvalue weighted by molar-refractivity contribution is 7.88. The average Bonchev–Trinajstić information content (AvgIpc) is 3.13. The van der Waals surface area contributed by atoms with Crippen LogP contribution >= 0.6 is 11.6 Å². The van der Waals surface area contributed by atoms with Crippen LogP contribution in [0.25, 0.3) is 5.69 Å². The first-order valence-corrected chi connectivity index (χ1v) is 12.7. The van der Waals surface area contributed by atoms with Crippen molar-refractivity contribution in [1.82, 2.24) is 14.1 Å². The van der Waals surface area contributed by atoms with Crippen LogP contribution in [0.3, 0.4) is 0 Å². The van der Waals surface area contributed by atoms with Gasteiger partial charge in [0.1, 0.15) is 5.69 Å². The third-order valence-corrected chi connectivity index (χ3v) is 7.49. The molecular weight excluding hydrogens is 440 g/mol. The Morgan fingerprint density at radius 3 is 2.52 bits per heavy atom. The summed E-state index contributed by atoms with van der Waals surface area (Å²) >= 11 is 6.11. The molecule has 1 saturated carbocycles. The predicted molar refractivity (Wildman–Crippen MR) is 121 cm³/mol. The minimum atomic E-state index is -3.24. The number of hydrogen-bond acceptors (Lipinski definition) is 6. The number of anilines is 1. The average molecular weight is 467 g/mol. The Labute approximate surface area is 187 Å². The van der Waals surface area contributed by atoms with E-state index in [0.717, 1.165) is 19.3 Å². The number of sulfonamides is 1. The van der Waals surface area contributed by atoms with Gasteiger partial charge in [0.05, 0.1) is 24.2 Å². The lowest BCUT2D eigenvalue weighted by Crippen LogP contribution is -2.49. The lowest BCUT2D eigenvalue weighted by atomic mass is 10.1. The van der Waals surface area contributed by atoms with E-state index in [-0.39, 0.29) is 17.4 Å². The number of piperazine rings is 1. The molecule has 2 aliphatic rings. The molecule has 0 bridgehead atoms. The third kappa shape index (κ3) is 4.88. The Hall–Kier alpha value is -2.10. The largest absolute Gasteiger partial charge is 0.483 e. The van der Waals surface area contributed by atoms with Crippen molar-refractivity contribution in [2.75, 3.05) is 37.3 Å². The van der Waals surface area contributed by atoms with Gasteiger partial charge in [-0.25, -0.2) is 8.42 Å². The molecule has 2 unspecified atom stereocenters. The normalized spacial score (nSPS) is 22.6. The van der Waals surface area contributed by atoms with E-state index in [1.165, 1.54) is 15.2 Å². The van der Waals surface area contributed by atoms with Gasteiger partial charge in [-0.3, -0.25) is 4.79 Å². The SMILES string of the molecule is CC1CCC(Oc2c(N3CCN(S(C)(=O)=O)CC3)cnn(-c3cccc(Cl)c3)c2=O)C1. The van der Waals surface area contributed by atoms with Crippen molar-refractivity contribution in [3.63, 3.8) is 0 Å². The molecule has 10 heteroatoms. The first-order valence-electron chi connectivity index (χ1n) is 10.5. The number of aromatic nitrogens is 2. The standard InChI is InChI=1S/C21H27ClN4O4S/c1-15-6-7-18(12-15)30-20-19(24-8-10-25(11-9-24)31(2,28)29)14-23-26(21(20)27)17-5-3-4-16(22)13-17/h3-5,13-15,18H,6-12H2,1-2H3. The van der Waals surface area contributed by atoms with E-state index in [9.17, 15) is 13.2 Å². The molecule has 0 radical (unpaired) electrons. The van der Waals surface area contributed by atoms with Crippen LogP contribution in [0.1, 0.15) is 26.2 Å². The van der Waals surface area contributed by atoms with Crippen molar-refractivity contribution >= 4 is 27.3 Å². The summed E-state index contributed by atoms with van der Waals surface area (Å²) in [6.07, 6.45) is 5.70. The molecule has 2 atom stereocenters. The van der Waals surface area contributed by atoms with Crippen LogP contribution in [0.15, 0.2) is 35.3 Å². The molecule has 0 N–H and O–H groups in total. The Kier molecular flexibility index (Phi) is 6.27. The number of rotatable bonds is 5. The van der Waals surface area contributed by atoms with Gasteiger partial charge < -0.3 is 9.64 Å². The number of nitrogens with zero attached hydrogens (tertiary/aromatic N) is 4. The Morgan fingerprint density at radius 2 is 1.90 bits per heavy atom. The van der Waals surface area contributed by atoms with E-state index < -0.39 is 10.0 Å². The zero-order chi connectivity index (χ0) is 22.2. The number of benzene rings is 1. The van der Waals surface area contributed by atoms with Gasteiger partial charge in [0.15, 0.2) is 0 Å². The van der Waals surface area contributed by atoms with E-state index in [1.807, 2.05) is 4.90 Å². The molecule has 8 nitrogen and oxygen atoms in total. The quantitative estimate of drug-likeness (QED) is 0.673. The van der Waals surface area contributed by atoms with Crippen molar-refractivity contribution in [3.05, 3.63) is 45.8 Å². The molecule has 2 heterocycles. The molecule has 0 amide bonds. The number of halogens is 1. The van der Waals surface area contributed by atoms with E-state index in [4.69, 9.17) is 16.3 Å². The Balaban J connectivity index is 1.69. The van der Waals surface area contributed by atoms with E-state index in [2.05, 4.69) is 12.0 Å². The van der Waals surface area contributed by atoms with Gasteiger partial charge in [0.25, 0.3) is 0 Å². The molecule has 2 fully saturated rings. The number of hydrogen-bond donors (Lipinski definition) is 0. The number of ether oxygens (including phenoxy) is 1. The van der Waals surface area contributed by atoms with Crippen LogP contribution in [0.5, 0.6) is 5.75 Å². The fourth-order valence-corrected chi connectivity index (χ4v) is 5.26. The zero-order valence-corrected chi connectivity index (χ0v) is 19.3. The fraction of sp³-hybridized carbons (Fsp3) is 0.524. The first kappa shape index (κ1) is 22.1. The Morgan fingerprint density at radius 1 is 1.16 bits per heavy atom. The summed E-state index contributed by atoms with van der Waals surface area (Å²) < 4.78 is 32.7. The summed E-state index contributed by atoms with van der Waals surface area (Å²) in [7, 11) is -3.24. The van der Waals surface area contributed by atoms with Gasteiger partial charge in [-0.15, -0.1) is 0 Å². The molecule has 31 heavy (non-hydrogen) atoms. The lowest BCUT2D eigenvalue weighted by molar-refractivity contribution is 0.201. The van der Waals surface area contributed by atoms with Crippen LogP contribution in [0.2, 0.25) is 5.02 Å². The summed E-state index contributed by atoms with van der Waals surface area (Å²) in [5.74, 6) is 0.825. The zero-order valence-electron chi connectivity index (χ0n) is 17.7. The van der Waals surface area contributed by atoms with Gasteiger partial charge in [0.2, 0.25) is 15.8 Å².